The van der Waals surface area contributed by atoms with Crippen LogP contribution in [-0.2, 0) is 14.6 Å². The molecule has 4 nitrogen and oxygen atoms in total. The SMILES string of the molecule is CS(=O)(=O)C1CCN(C(=O)C2CC2)C1. The molecule has 1 saturated heterocycles. The number of likely N-dealkylation sites (tertiary alicyclic amines) is 1. The van der Waals surface area contributed by atoms with Crippen LogP contribution >= 0.6 is 0 Å². The Hall–Kier alpha value is -0.580. The Morgan fingerprint density at radius 1 is 1.29 bits per heavy atom. The van der Waals surface area contributed by atoms with Gasteiger partial charge in [0, 0.05) is 25.3 Å². The maximum absolute atomic E-state index is 11.6. The van der Waals surface area contributed by atoms with E-state index in [0.717, 1.165) is 12.8 Å². The molecule has 2 aliphatic rings. The van der Waals surface area contributed by atoms with E-state index in [1.165, 1.54) is 6.26 Å². The predicted molar refractivity (Wildman–Crippen MR) is 52.6 cm³/mol. The molecule has 1 atom stereocenters. The molecule has 1 aliphatic heterocycles. The first kappa shape index (κ1) is 9.96. The first-order valence-electron chi connectivity index (χ1n) is 4.96. The molecule has 1 saturated carbocycles. The van der Waals surface area contributed by atoms with Crippen LogP contribution in [-0.4, -0.2) is 43.8 Å². The van der Waals surface area contributed by atoms with Crippen molar-refractivity contribution in [1.29, 1.82) is 0 Å². The lowest BCUT2D eigenvalue weighted by molar-refractivity contribution is -0.131. The number of hydrogen-bond acceptors (Lipinski definition) is 3. The number of nitrogens with zero attached hydrogens (tertiary/aromatic N) is 1. The van der Waals surface area contributed by atoms with Crippen LogP contribution in [0.5, 0.6) is 0 Å². The van der Waals surface area contributed by atoms with Crippen molar-refractivity contribution in [2.75, 3.05) is 19.3 Å². The minimum atomic E-state index is -2.97. The van der Waals surface area contributed by atoms with E-state index in [9.17, 15) is 13.2 Å². The van der Waals surface area contributed by atoms with Crippen LogP contribution in [0.25, 0.3) is 0 Å². The highest BCUT2D eigenvalue weighted by Gasteiger charge is 2.38. The molecule has 5 heteroatoms. The fourth-order valence-electron chi connectivity index (χ4n) is 1.87. The topological polar surface area (TPSA) is 54.5 Å². The van der Waals surface area contributed by atoms with Crippen molar-refractivity contribution in [1.82, 2.24) is 4.90 Å². The van der Waals surface area contributed by atoms with E-state index in [-0.39, 0.29) is 17.1 Å². The molecule has 1 amide bonds. The van der Waals surface area contributed by atoms with Crippen LogP contribution in [0, 0.1) is 5.92 Å². The summed E-state index contributed by atoms with van der Waals surface area (Å²) in [7, 11) is -2.97. The zero-order chi connectivity index (χ0) is 10.3. The molecule has 1 heterocycles. The Morgan fingerprint density at radius 2 is 1.93 bits per heavy atom. The summed E-state index contributed by atoms with van der Waals surface area (Å²) in [4.78, 5) is 13.3. The Labute approximate surface area is 84.2 Å². The number of hydrogen-bond donors (Lipinski definition) is 0. The molecule has 1 aliphatic carbocycles. The third-order valence-corrected chi connectivity index (χ3v) is 4.58. The van der Waals surface area contributed by atoms with E-state index in [1.807, 2.05) is 0 Å². The summed E-state index contributed by atoms with van der Waals surface area (Å²) >= 11 is 0. The summed E-state index contributed by atoms with van der Waals surface area (Å²) in [5.74, 6) is 0.365. The molecule has 0 radical (unpaired) electrons. The lowest BCUT2D eigenvalue weighted by Gasteiger charge is -2.15. The summed E-state index contributed by atoms with van der Waals surface area (Å²) in [5, 5.41) is -0.329. The van der Waals surface area contributed by atoms with Gasteiger partial charge in [-0.15, -0.1) is 0 Å². The van der Waals surface area contributed by atoms with Gasteiger partial charge in [-0.25, -0.2) is 8.42 Å². The quantitative estimate of drug-likeness (QED) is 0.656. The molecule has 80 valence electrons. The Bertz CT molecular complexity index is 345. The minimum absolute atomic E-state index is 0.163. The van der Waals surface area contributed by atoms with Crippen LogP contribution in [0.3, 0.4) is 0 Å². The zero-order valence-corrected chi connectivity index (χ0v) is 9.09. The normalized spacial score (nSPS) is 28.1. The molecule has 0 aromatic heterocycles. The third-order valence-electron chi connectivity index (χ3n) is 2.99. The highest BCUT2D eigenvalue weighted by Crippen LogP contribution is 2.32. The maximum atomic E-state index is 11.6. The van der Waals surface area contributed by atoms with Crippen molar-refractivity contribution < 1.29 is 13.2 Å². The monoisotopic (exact) mass is 217 g/mol. The van der Waals surface area contributed by atoms with Crippen molar-refractivity contribution in [3.8, 4) is 0 Å². The fraction of sp³-hybridized carbons (Fsp3) is 0.889. The number of sulfone groups is 1. The average molecular weight is 217 g/mol. The van der Waals surface area contributed by atoms with Crippen LogP contribution in [0.15, 0.2) is 0 Å². The molecule has 14 heavy (non-hydrogen) atoms. The molecular formula is C9H15NO3S. The number of carbonyl (C=O) groups excluding carboxylic acids is 1. The van der Waals surface area contributed by atoms with Gasteiger partial charge in [-0.05, 0) is 19.3 Å². The fourth-order valence-corrected chi connectivity index (χ4v) is 2.85. The van der Waals surface area contributed by atoms with Gasteiger partial charge >= 0.3 is 0 Å². The van der Waals surface area contributed by atoms with Gasteiger partial charge in [0.1, 0.15) is 0 Å². The van der Waals surface area contributed by atoms with Gasteiger partial charge in [0.2, 0.25) is 5.91 Å². The van der Waals surface area contributed by atoms with Gasteiger partial charge in [0.05, 0.1) is 5.25 Å². The van der Waals surface area contributed by atoms with Crippen LogP contribution in [0.1, 0.15) is 19.3 Å². The molecule has 0 spiro atoms. The van der Waals surface area contributed by atoms with Gasteiger partial charge in [-0.2, -0.15) is 0 Å². The summed E-state index contributed by atoms with van der Waals surface area (Å²) in [6.45, 7) is 1.03. The molecule has 2 rings (SSSR count). The summed E-state index contributed by atoms with van der Waals surface area (Å²) in [6.07, 6.45) is 3.83. The van der Waals surface area contributed by atoms with Gasteiger partial charge in [0.25, 0.3) is 0 Å². The lowest BCUT2D eigenvalue weighted by atomic mass is 10.3. The highest BCUT2D eigenvalue weighted by atomic mass is 32.2. The van der Waals surface area contributed by atoms with E-state index in [0.29, 0.717) is 19.5 Å². The number of amides is 1. The Balaban J connectivity index is 1.97. The number of carbonyl (C=O) groups is 1. The summed E-state index contributed by atoms with van der Waals surface area (Å²) in [5.41, 5.74) is 0. The van der Waals surface area contributed by atoms with Gasteiger partial charge < -0.3 is 4.90 Å². The second kappa shape index (κ2) is 3.22. The highest BCUT2D eigenvalue weighted by molar-refractivity contribution is 7.91. The predicted octanol–water partition coefficient (Wildman–Crippen LogP) is 0.0419. The number of rotatable bonds is 2. The molecule has 2 fully saturated rings. The van der Waals surface area contributed by atoms with Crippen molar-refractivity contribution in [2.24, 2.45) is 5.92 Å². The van der Waals surface area contributed by atoms with Gasteiger partial charge in [0.15, 0.2) is 9.84 Å². The minimum Gasteiger partial charge on any atom is -0.341 e. The van der Waals surface area contributed by atoms with E-state index in [4.69, 9.17) is 0 Å². The smallest absolute Gasteiger partial charge is 0.225 e. The summed E-state index contributed by atoms with van der Waals surface area (Å²) < 4.78 is 22.5. The van der Waals surface area contributed by atoms with Crippen molar-refractivity contribution in [2.45, 2.75) is 24.5 Å². The molecule has 0 N–H and O–H groups in total. The average Bonchev–Trinajstić information content (AvgIpc) is 2.79. The van der Waals surface area contributed by atoms with Crippen molar-refractivity contribution >= 4 is 15.7 Å². The van der Waals surface area contributed by atoms with E-state index in [2.05, 4.69) is 0 Å². The second-order valence-corrected chi connectivity index (χ2v) is 6.62. The van der Waals surface area contributed by atoms with E-state index in [1.54, 1.807) is 4.90 Å². The van der Waals surface area contributed by atoms with Crippen LogP contribution in [0.2, 0.25) is 0 Å². The molecule has 0 aromatic rings. The summed E-state index contributed by atoms with van der Waals surface area (Å²) in [6, 6.07) is 0. The molecule has 1 unspecified atom stereocenters. The van der Waals surface area contributed by atoms with Crippen molar-refractivity contribution in [3.63, 3.8) is 0 Å². The maximum Gasteiger partial charge on any atom is 0.225 e. The molecule has 0 aromatic carbocycles. The first-order chi connectivity index (χ1) is 6.48. The largest absolute Gasteiger partial charge is 0.341 e. The molecule has 0 bridgehead atoms. The molecular weight excluding hydrogens is 202 g/mol. The van der Waals surface area contributed by atoms with Gasteiger partial charge in [-0.1, -0.05) is 0 Å². The van der Waals surface area contributed by atoms with E-state index < -0.39 is 9.84 Å². The second-order valence-electron chi connectivity index (χ2n) is 4.30. The van der Waals surface area contributed by atoms with Gasteiger partial charge in [-0.3, -0.25) is 4.79 Å². The third kappa shape index (κ3) is 1.92. The first-order valence-corrected chi connectivity index (χ1v) is 6.91. The van der Waals surface area contributed by atoms with E-state index >= 15 is 0 Å². The Kier molecular flexibility index (Phi) is 2.29. The van der Waals surface area contributed by atoms with Crippen LogP contribution < -0.4 is 0 Å². The lowest BCUT2D eigenvalue weighted by Crippen LogP contribution is -2.32. The van der Waals surface area contributed by atoms with Crippen LogP contribution in [0.4, 0.5) is 0 Å². The standard InChI is InChI=1S/C9H15NO3S/c1-14(12,13)8-4-5-10(6-8)9(11)7-2-3-7/h7-8H,2-6H2,1H3. The zero-order valence-electron chi connectivity index (χ0n) is 8.27. The Morgan fingerprint density at radius 3 is 2.36 bits per heavy atom. The van der Waals surface area contributed by atoms with Crippen molar-refractivity contribution in [3.05, 3.63) is 0 Å².